The van der Waals surface area contributed by atoms with Crippen LogP contribution in [0.3, 0.4) is 0 Å². The van der Waals surface area contributed by atoms with Crippen molar-refractivity contribution in [2.45, 2.75) is 26.2 Å². The molecule has 2 aromatic rings. The summed E-state index contributed by atoms with van der Waals surface area (Å²) in [6.07, 6.45) is 6.47. The number of nitrogens with one attached hydrogen (secondary N) is 2. The van der Waals surface area contributed by atoms with Gasteiger partial charge in [-0.2, -0.15) is 5.26 Å². The van der Waals surface area contributed by atoms with Crippen molar-refractivity contribution in [3.05, 3.63) is 52.7 Å². The predicted octanol–water partition coefficient (Wildman–Crippen LogP) is 3.65. The molecule has 26 heavy (non-hydrogen) atoms. The summed E-state index contributed by atoms with van der Waals surface area (Å²) < 4.78 is 0. The number of carbonyl (C=O) groups is 1. The fourth-order valence-electron chi connectivity index (χ4n) is 3.15. The zero-order chi connectivity index (χ0) is 18.5. The van der Waals surface area contributed by atoms with Crippen molar-refractivity contribution in [3.8, 4) is 17.2 Å². The summed E-state index contributed by atoms with van der Waals surface area (Å²) in [6, 6.07) is 9.84. The highest BCUT2D eigenvalue weighted by atomic mass is 16.1. The second kappa shape index (κ2) is 7.83. The molecule has 2 heterocycles. The third kappa shape index (κ3) is 3.75. The Morgan fingerprint density at radius 1 is 1.31 bits per heavy atom. The van der Waals surface area contributed by atoms with Crippen molar-refractivity contribution >= 4 is 17.8 Å². The van der Waals surface area contributed by atoms with Crippen molar-refractivity contribution in [1.82, 2.24) is 10.3 Å². The first-order valence-corrected chi connectivity index (χ1v) is 8.80. The highest BCUT2D eigenvalue weighted by Gasteiger charge is 2.15. The van der Waals surface area contributed by atoms with Crippen molar-refractivity contribution in [1.29, 1.82) is 5.26 Å². The number of carbonyl (C=O) groups excluding carboxylic acids is 1. The van der Waals surface area contributed by atoms with E-state index in [2.05, 4.69) is 21.7 Å². The molecule has 1 fully saturated rings. The molecule has 0 radical (unpaired) electrons. The molecule has 0 aliphatic carbocycles. The lowest BCUT2D eigenvalue weighted by Gasteiger charge is -2.12. The van der Waals surface area contributed by atoms with E-state index in [1.165, 1.54) is 0 Å². The van der Waals surface area contributed by atoms with Gasteiger partial charge in [0.15, 0.2) is 0 Å². The maximum absolute atomic E-state index is 12.2. The molecule has 0 atom stereocenters. The summed E-state index contributed by atoms with van der Waals surface area (Å²) in [5, 5.41) is 15.4. The van der Waals surface area contributed by atoms with Crippen molar-refractivity contribution < 1.29 is 4.79 Å². The Labute approximate surface area is 153 Å². The fourth-order valence-corrected chi connectivity index (χ4v) is 3.15. The molecule has 5 nitrogen and oxygen atoms in total. The smallest absolute Gasteiger partial charge is 0.247 e. The van der Waals surface area contributed by atoms with Crippen LogP contribution >= 0.6 is 0 Å². The second-order valence-corrected chi connectivity index (χ2v) is 6.41. The summed E-state index contributed by atoms with van der Waals surface area (Å²) >= 11 is 0. The van der Waals surface area contributed by atoms with Gasteiger partial charge in [-0.25, -0.2) is 4.98 Å². The number of amides is 1. The number of hydrogen-bond donors (Lipinski definition) is 2. The molecule has 3 rings (SSSR count). The van der Waals surface area contributed by atoms with Crippen LogP contribution in [0.2, 0.25) is 0 Å². The molecule has 1 aliphatic heterocycles. The van der Waals surface area contributed by atoms with Gasteiger partial charge in [0.25, 0.3) is 0 Å². The lowest BCUT2D eigenvalue weighted by atomic mass is 9.93. The third-order valence-electron chi connectivity index (χ3n) is 4.69. The van der Waals surface area contributed by atoms with E-state index in [0.29, 0.717) is 5.56 Å². The number of pyridine rings is 1. The largest absolute Gasteiger partial charge is 0.373 e. The maximum atomic E-state index is 12.2. The van der Waals surface area contributed by atoms with Crippen LogP contribution in [0.1, 0.15) is 36.0 Å². The van der Waals surface area contributed by atoms with E-state index in [-0.39, 0.29) is 5.91 Å². The van der Waals surface area contributed by atoms with E-state index in [1.54, 1.807) is 6.20 Å². The first-order chi connectivity index (χ1) is 12.6. The number of benzene rings is 1. The quantitative estimate of drug-likeness (QED) is 0.832. The molecule has 132 valence electrons. The first-order valence-electron chi connectivity index (χ1n) is 8.80. The Morgan fingerprint density at radius 3 is 2.85 bits per heavy atom. The Kier molecular flexibility index (Phi) is 5.33. The van der Waals surface area contributed by atoms with Crippen molar-refractivity contribution in [2.24, 2.45) is 0 Å². The van der Waals surface area contributed by atoms with Gasteiger partial charge in [-0.3, -0.25) is 4.79 Å². The molecular formula is C21H22N4O. The normalized spacial score (nSPS) is 15.9. The van der Waals surface area contributed by atoms with E-state index < -0.39 is 0 Å². The predicted molar refractivity (Wildman–Crippen MR) is 104 cm³/mol. The highest BCUT2D eigenvalue weighted by Crippen LogP contribution is 2.29. The molecule has 0 unspecified atom stereocenters. The van der Waals surface area contributed by atoms with E-state index >= 15 is 0 Å². The molecule has 1 saturated heterocycles. The molecule has 0 saturated carbocycles. The van der Waals surface area contributed by atoms with Gasteiger partial charge in [0, 0.05) is 30.9 Å². The summed E-state index contributed by atoms with van der Waals surface area (Å²) in [5.41, 5.74) is 5.19. The van der Waals surface area contributed by atoms with Crippen molar-refractivity contribution in [2.75, 3.05) is 18.9 Å². The zero-order valence-electron chi connectivity index (χ0n) is 15.1. The van der Waals surface area contributed by atoms with Gasteiger partial charge in [0.2, 0.25) is 5.91 Å². The highest BCUT2D eigenvalue weighted by molar-refractivity contribution is 5.98. The second-order valence-electron chi connectivity index (χ2n) is 6.41. The number of nitrogens with zero attached hydrogens (tertiary/aromatic N) is 2. The van der Waals surface area contributed by atoms with Gasteiger partial charge in [-0.1, -0.05) is 0 Å². The SMILES string of the molecule is CNc1ccc(-c2cc(C#N)cc(/C=C3\CCCCNC3=O)c2C)cn1. The van der Waals surface area contributed by atoms with E-state index in [1.807, 2.05) is 44.3 Å². The minimum absolute atomic E-state index is 0.00847. The lowest BCUT2D eigenvalue weighted by molar-refractivity contribution is -0.117. The van der Waals surface area contributed by atoms with Gasteiger partial charge in [0.1, 0.15) is 5.82 Å². The molecule has 0 spiro atoms. The topological polar surface area (TPSA) is 77.8 Å². The lowest BCUT2D eigenvalue weighted by Crippen LogP contribution is -2.23. The Morgan fingerprint density at radius 2 is 2.15 bits per heavy atom. The average Bonchev–Trinajstić information content (AvgIpc) is 2.88. The number of aromatic nitrogens is 1. The zero-order valence-corrected chi connectivity index (χ0v) is 15.1. The molecule has 1 aliphatic rings. The summed E-state index contributed by atoms with van der Waals surface area (Å²) in [5.74, 6) is 0.783. The van der Waals surface area contributed by atoms with Crippen LogP contribution in [0, 0.1) is 18.3 Å². The molecule has 1 aromatic carbocycles. The number of anilines is 1. The summed E-state index contributed by atoms with van der Waals surface area (Å²) in [6.45, 7) is 2.74. The fraction of sp³-hybridized carbons (Fsp3) is 0.286. The summed E-state index contributed by atoms with van der Waals surface area (Å²) in [4.78, 5) is 16.6. The monoisotopic (exact) mass is 346 g/mol. The van der Waals surface area contributed by atoms with E-state index in [0.717, 1.165) is 59.5 Å². The molecular weight excluding hydrogens is 324 g/mol. The molecule has 1 amide bonds. The molecule has 1 aromatic heterocycles. The van der Waals surface area contributed by atoms with Crippen LogP contribution in [-0.2, 0) is 4.79 Å². The van der Waals surface area contributed by atoms with Gasteiger partial charge in [-0.15, -0.1) is 0 Å². The van der Waals surface area contributed by atoms with Gasteiger partial charge in [-0.05, 0) is 73.2 Å². The van der Waals surface area contributed by atoms with Crippen LogP contribution < -0.4 is 10.6 Å². The Bertz CT molecular complexity index is 891. The van der Waals surface area contributed by atoms with Gasteiger partial charge >= 0.3 is 0 Å². The molecule has 2 N–H and O–H groups in total. The van der Waals surface area contributed by atoms with Gasteiger partial charge < -0.3 is 10.6 Å². The van der Waals surface area contributed by atoms with Crippen LogP contribution in [0.4, 0.5) is 5.82 Å². The molecule has 5 heteroatoms. The summed E-state index contributed by atoms with van der Waals surface area (Å²) in [7, 11) is 1.83. The number of rotatable bonds is 3. The van der Waals surface area contributed by atoms with E-state index in [9.17, 15) is 10.1 Å². The first kappa shape index (κ1) is 17.7. The van der Waals surface area contributed by atoms with Gasteiger partial charge in [0.05, 0.1) is 11.6 Å². The van der Waals surface area contributed by atoms with Crippen LogP contribution in [0.15, 0.2) is 36.0 Å². The average molecular weight is 346 g/mol. The number of hydrogen-bond acceptors (Lipinski definition) is 4. The standard InChI is InChI=1S/C21H22N4O/c1-14-18(11-16-5-3-4-8-24-21(16)26)9-15(12-22)10-19(14)17-6-7-20(23-2)25-13-17/h6-7,9-11,13H,3-5,8H2,1-2H3,(H,23,25)(H,24,26)/b16-11+. The van der Waals surface area contributed by atoms with Crippen LogP contribution in [0.5, 0.6) is 0 Å². The third-order valence-corrected chi connectivity index (χ3v) is 4.69. The van der Waals surface area contributed by atoms with Crippen LogP contribution in [0.25, 0.3) is 17.2 Å². The van der Waals surface area contributed by atoms with Crippen LogP contribution in [-0.4, -0.2) is 24.5 Å². The Hall–Kier alpha value is -3.13. The maximum Gasteiger partial charge on any atom is 0.247 e. The Balaban J connectivity index is 2.08. The minimum Gasteiger partial charge on any atom is -0.373 e. The number of nitriles is 1. The minimum atomic E-state index is -0.00847. The van der Waals surface area contributed by atoms with Crippen molar-refractivity contribution in [3.63, 3.8) is 0 Å². The van der Waals surface area contributed by atoms with E-state index in [4.69, 9.17) is 0 Å². The molecule has 0 bridgehead atoms.